The Morgan fingerprint density at radius 2 is 2.35 bits per heavy atom. The first kappa shape index (κ1) is 12.7. The van der Waals surface area contributed by atoms with Crippen LogP contribution in [0.15, 0.2) is 18.2 Å². The zero-order chi connectivity index (χ0) is 12.3. The van der Waals surface area contributed by atoms with Gasteiger partial charge in [-0.2, -0.15) is 0 Å². The largest absolute Gasteiger partial charge is 0.381 e. The normalized spacial score (nSPS) is 21.5. The number of para-hydroxylation sites is 1. The van der Waals surface area contributed by atoms with Crippen LogP contribution in [-0.2, 0) is 0 Å². The van der Waals surface area contributed by atoms with E-state index in [0.717, 1.165) is 19.6 Å². The summed E-state index contributed by atoms with van der Waals surface area (Å²) < 4.78 is 13.5. The molecule has 0 saturated carbocycles. The van der Waals surface area contributed by atoms with E-state index in [1.165, 1.54) is 18.9 Å². The molecule has 0 aliphatic carbocycles. The summed E-state index contributed by atoms with van der Waals surface area (Å²) in [6.45, 7) is 3.01. The highest BCUT2D eigenvalue weighted by Gasteiger charge is 2.17. The molecule has 4 heteroatoms. The van der Waals surface area contributed by atoms with Crippen LogP contribution in [0.3, 0.4) is 0 Å². The Morgan fingerprint density at radius 1 is 1.53 bits per heavy atom. The molecule has 0 spiro atoms. The van der Waals surface area contributed by atoms with Crippen LogP contribution in [0, 0.1) is 11.7 Å². The maximum Gasteiger partial charge on any atom is 0.147 e. The second-order valence-corrected chi connectivity index (χ2v) is 5.16. The van der Waals surface area contributed by atoms with Crippen molar-refractivity contribution in [2.24, 2.45) is 5.92 Å². The van der Waals surface area contributed by atoms with E-state index in [1.54, 1.807) is 12.1 Å². The monoisotopic (exact) mass is 256 g/mol. The number of piperidine rings is 1. The Morgan fingerprint density at radius 3 is 3.06 bits per heavy atom. The van der Waals surface area contributed by atoms with Crippen molar-refractivity contribution in [2.75, 3.05) is 32.0 Å². The molecule has 1 aromatic carbocycles. The number of rotatable bonds is 3. The summed E-state index contributed by atoms with van der Waals surface area (Å²) in [5, 5.41) is 3.59. The quantitative estimate of drug-likeness (QED) is 0.893. The van der Waals surface area contributed by atoms with E-state index in [9.17, 15) is 4.39 Å². The summed E-state index contributed by atoms with van der Waals surface area (Å²) in [5.74, 6) is 0.297. The van der Waals surface area contributed by atoms with E-state index in [-0.39, 0.29) is 5.82 Å². The van der Waals surface area contributed by atoms with Gasteiger partial charge in [0.05, 0.1) is 10.7 Å². The molecule has 2 nitrogen and oxygen atoms in total. The molecule has 94 valence electrons. The summed E-state index contributed by atoms with van der Waals surface area (Å²) in [5.41, 5.74) is 0.433. The Kier molecular flexibility index (Phi) is 4.24. The maximum atomic E-state index is 13.5. The molecular weight excluding hydrogens is 239 g/mol. The number of benzene rings is 1. The van der Waals surface area contributed by atoms with Gasteiger partial charge in [0, 0.05) is 13.1 Å². The fourth-order valence-electron chi connectivity index (χ4n) is 2.35. The van der Waals surface area contributed by atoms with Crippen molar-refractivity contribution in [3.8, 4) is 0 Å². The van der Waals surface area contributed by atoms with E-state index >= 15 is 0 Å². The molecule has 1 N–H and O–H groups in total. The van der Waals surface area contributed by atoms with Gasteiger partial charge >= 0.3 is 0 Å². The van der Waals surface area contributed by atoms with Crippen LogP contribution in [0.4, 0.5) is 10.1 Å². The van der Waals surface area contributed by atoms with Gasteiger partial charge in [-0.05, 0) is 44.5 Å². The van der Waals surface area contributed by atoms with Gasteiger partial charge in [-0.1, -0.05) is 17.7 Å². The lowest BCUT2D eigenvalue weighted by Gasteiger charge is -2.30. The molecule has 1 aliphatic rings. The van der Waals surface area contributed by atoms with Crippen molar-refractivity contribution in [3.63, 3.8) is 0 Å². The first-order valence-corrected chi connectivity index (χ1v) is 6.41. The third-order valence-electron chi connectivity index (χ3n) is 3.25. The SMILES string of the molecule is CN1CCCC(CNc2c(F)cccc2Cl)C1. The predicted molar refractivity (Wildman–Crippen MR) is 70.1 cm³/mol. The number of halogens is 2. The second-order valence-electron chi connectivity index (χ2n) is 4.75. The number of likely N-dealkylation sites (tertiary alicyclic amines) is 1. The lowest BCUT2D eigenvalue weighted by Crippen LogP contribution is -2.35. The Bertz CT molecular complexity index is 363. The number of nitrogens with zero attached hydrogens (tertiary/aromatic N) is 1. The van der Waals surface area contributed by atoms with Gasteiger partial charge in [-0.3, -0.25) is 0 Å². The molecule has 1 heterocycles. The summed E-state index contributed by atoms with van der Waals surface area (Å²) in [6.07, 6.45) is 2.41. The minimum atomic E-state index is -0.276. The van der Waals surface area contributed by atoms with Crippen molar-refractivity contribution in [1.82, 2.24) is 4.90 Å². The molecule has 1 unspecified atom stereocenters. The number of anilines is 1. The average molecular weight is 257 g/mol. The molecule has 0 aromatic heterocycles. The molecular formula is C13H18ClFN2. The highest BCUT2D eigenvalue weighted by atomic mass is 35.5. The first-order valence-electron chi connectivity index (χ1n) is 6.03. The molecule has 0 radical (unpaired) electrons. The van der Waals surface area contributed by atoms with E-state index in [0.29, 0.717) is 16.6 Å². The van der Waals surface area contributed by atoms with Crippen LogP contribution in [0.2, 0.25) is 5.02 Å². The lowest BCUT2D eigenvalue weighted by molar-refractivity contribution is 0.217. The van der Waals surface area contributed by atoms with Crippen LogP contribution in [0.1, 0.15) is 12.8 Å². The predicted octanol–water partition coefficient (Wildman–Crippen LogP) is 3.23. The van der Waals surface area contributed by atoms with Crippen molar-refractivity contribution < 1.29 is 4.39 Å². The zero-order valence-corrected chi connectivity index (χ0v) is 10.8. The topological polar surface area (TPSA) is 15.3 Å². The van der Waals surface area contributed by atoms with Crippen LogP contribution >= 0.6 is 11.6 Å². The molecule has 0 amide bonds. The minimum Gasteiger partial charge on any atom is -0.381 e. The fraction of sp³-hybridized carbons (Fsp3) is 0.538. The van der Waals surface area contributed by atoms with E-state index in [2.05, 4.69) is 17.3 Å². The van der Waals surface area contributed by atoms with Crippen LogP contribution < -0.4 is 5.32 Å². The Labute approximate surface area is 107 Å². The van der Waals surface area contributed by atoms with Crippen LogP contribution in [0.5, 0.6) is 0 Å². The summed E-state index contributed by atoms with van der Waals surface area (Å²) in [7, 11) is 2.13. The van der Waals surface area contributed by atoms with Gasteiger partial charge < -0.3 is 10.2 Å². The maximum absolute atomic E-state index is 13.5. The molecule has 1 fully saturated rings. The Hall–Kier alpha value is -0.800. The van der Waals surface area contributed by atoms with Gasteiger partial charge in [0.2, 0.25) is 0 Å². The summed E-state index contributed by atoms with van der Waals surface area (Å²) in [4.78, 5) is 2.32. The first-order chi connectivity index (χ1) is 8.16. The van der Waals surface area contributed by atoms with Crippen molar-refractivity contribution in [1.29, 1.82) is 0 Å². The van der Waals surface area contributed by atoms with Crippen molar-refractivity contribution >= 4 is 17.3 Å². The van der Waals surface area contributed by atoms with Crippen LogP contribution in [-0.4, -0.2) is 31.6 Å². The van der Waals surface area contributed by atoms with Crippen LogP contribution in [0.25, 0.3) is 0 Å². The van der Waals surface area contributed by atoms with Crippen molar-refractivity contribution in [3.05, 3.63) is 29.0 Å². The smallest absolute Gasteiger partial charge is 0.147 e. The number of hydrogen-bond donors (Lipinski definition) is 1. The second kappa shape index (κ2) is 5.69. The molecule has 1 atom stereocenters. The number of nitrogens with one attached hydrogen (secondary N) is 1. The summed E-state index contributed by atoms with van der Waals surface area (Å²) in [6, 6.07) is 4.76. The van der Waals surface area contributed by atoms with E-state index in [1.807, 2.05) is 0 Å². The third-order valence-corrected chi connectivity index (χ3v) is 3.57. The standard InChI is InChI=1S/C13H18ClFN2/c1-17-7-3-4-10(9-17)8-16-13-11(14)5-2-6-12(13)15/h2,5-6,10,16H,3-4,7-9H2,1H3. The number of hydrogen-bond acceptors (Lipinski definition) is 2. The van der Waals surface area contributed by atoms with Gasteiger partial charge in [0.15, 0.2) is 0 Å². The highest BCUT2D eigenvalue weighted by Crippen LogP contribution is 2.25. The molecule has 0 bridgehead atoms. The fourth-order valence-corrected chi connectivity index (χ4v) is 2.58. The van der Waals surface area contributed by atoms with Gasteiger partial charge in [0.1, 0.15) is 5.82 Å². The lowest BCUT2D eigenvalue weighted by atomic mass is 9.98. The zero-order valence-electron chi connectivity index (χ0n) is 10.0. The Balaban J connectivity index is 1.93. The van der Waals surface area contributed by atoms with Gasteiger partial charge in [0.25, 0.3) is 0 Å². The van der Waals surface area contributed by atoms with Gasteiger partial charge in [-0.25, -0.2) is 4.39 Å². The molecule has 17 heavy (non-hydrogen) atoms. The van der Waals surface area contributed by atoms with E-state index < -0.39 is 0 Å². The minimum absolute atomic E-state index is 0.276. The third kappa shape index (κ3) is 3.33. The molecule has 1 saturated heterocycles. The van der Waals surface area contributed by atoms with E-state index in [4.69, 9.17) is 11.6 Å². The average Bonchev–Trinajstić information content (AvgIpc) is 2.28. The molecule has 2 rings (SSSR count). The van der Waals surface area contributed by atoms with Gasteiger partial charge in [-0.15, -0.1) is 0 Å². The van der Waals surface area contributed by atoms with Crippen molar-refractivity contribution in [2.45, 2.75) is 12.8 Å². The summed E-state index contributed by atoms with van der Waals surface area (Å²) >= 11 is 5.96. The molecule has 1 aromatic rings. The molecule has 1 aliphatic heterocycles. The highest BCUT2D eigenvalue weighted by molar-refractivity contribution is 6.33.